The molecule has 3 rings (SSSR count). The van der Waals surface area contributed by atoms with Gasteiger partial charge in [0.25, 0.3) is 5.91 Å². The molecular weight excluding hydrogens is 275 g/mol. The SMILES string of the molecule is Nc1c(C(=O)NC2CC=CCC2)sc2cccc(F)c12. The summed E-state index contributed by atoms with van der Waals surface area (Å²) in [7, 11) is 0. The van der Waals surface area contributed by atoms with E-state index in [1.54, 1.807) is 12.1 Å². The van der Waals surface area contributed by atoms with Crippen molar-refractivity contribution in [2.45, 2.75) is 25.3 Å². The molecule has 1 aliphatic carbocycles. The zero-order chi connectivity index (χ0) is 14.1. The molecule has 0 saturated carbocycles. The zero-order valence-corrected chi connectivity index (χ0v) is 11.7. The highest BCUT2D eigenvalue weighted by molar-refractivity contribution is 7.21. The Hall–Kier alpha value is -1.88. The van der Waals surface area contributed by atoms with Gasteiger partial charge in [-0.15, -0.1) is 11.3 Å². The second-order valence-corrected chi connectivity index (χ2v) is 5.96. The van der Waals surface area contributed by atoms with Crippen molar-refractivity contribution in [3.05, 3.63) is 41.0 Å². The van der Waals surface area contributed by atoms with Crippen LogP contribution in [0.25, 0.3) is 10.1 Å². The number of rotatable bonds is 2. The fraction of sp³-hybridized carbons (Fsp3) is 0.267. The first-order valence-electron chi connectivity index (χ1n) is 6.59. The number of hydrogen-bond acceptors (Lipinski definition) is 3. The van der Waals surface area contributed by atoms with E-state index in [0.717, 1.165) is 19.3 Å². The number of benzene rings is 1. The number of carbonyl (C=O) groups is 1. The van der Waals surface area contributed by atoms with E-state index in [9.17, 15) is 9.18 Å². The van der Waals surface area contributed by atoms with Gasteiger partial charge in [0.05, 0.1) is 11.1 Å². The normalized spacial score (nSPS) is 18.4. The van der Waals surface area contributed by atoms with Crippen LogP contribution in [0.2, 0.25) is 0 Å². The summed E-state index contributed by atoms with van der Waals surface area (Å²) in [5.74, 6) is -0.584. The standard InChI is InChI=1S/C15H15FN2OS/c16-10-7-4-8-11-12(10)13(17)14(20-11)15(19)18-9-5-2-1-3-6-9/h1-2,4,7-9H,3,5-6,17H2,(H,18,19). The van der Waals surface area contributed by atoms with E-state index in [0.29, 0.717) is 15.0 Å². The van der Waals surface area contributed by atoms with Gasteiger partial charge in [0.1, 0.15) is 10.7 Å². The lowest BCUT2D eigenvalue weighted by atomic mass is 10.0. The minimum atomic E-state index is -0.379. The lowest BCUT2D eigenvalue weighted by Crippen LogP contribution is -2.35. The average molecular weight is 290 g/mol. The van der Waals surface area contributed by atoms with E-state index in [2.05, 4.69) is 17.5 Å². The molecule has 5 heteroatoms. The number of anilines is 1. The number of fused-ring (bicyclic) bond motifs is 1. The summed E-state index contributed by atoms with van der Waals surface area (Å²) < 4.78 is 14.5. The summed E-state index contributed by atoms with van der Waals surface area (Å²) in [6.45, 7) is 0. The molecule has 0 radical (unpaired) electrons. The van der Waals surface area contributed by atoms with Crippen LogP contribution in [0.5, 0.6) is 0 Å². The highest BCUT2D eigenvalue weighted by atomic mass is 32.1. The number of nitrogens with one attached hydrogen (secondary N) is 1. The van der Waals surface area contributed by atoms with Gasteiger partial charge in [0, 0.05) is 10.7 Å². The van der Waals surface area contributed by atoms with Crippen molar-refractivity contribution in [3.63, 3.8) is 0 Å². The van der Waals surface area contributed by atoms with Crippen LogP contribution in [0.4, 0.5) is 10.1 Å². The van der Waals surface area contributed by atoms with Crippen LogP contribution in [-0.4, -0.2) is 11.9 Å². The fourth-order valence-corrected chi connectivity index (χ4v) is 3.51. The van der Waals surface area contributed by atoms with Gasteiger partial charge in [0.15, 0.2) is 0 Å². The smallest absolute Gasteiger partial charge is 0.263 e. The Bertz CT molecular complexity index is 692. The maximum Gasteiger partial charge on any atom is 0.263 e. The minimum Gasteiger partial charge on any atom is -0.397 e. The number of allylic oxidation sites excluding steroid dienone is 1. The summed E-state index contributed by atoms with van der Waals surface area (Å²) in [6, 6.07) is 4.90. The topological polar surface area (TPSA) is 55.1 Å². The number of carbonyl (C=O) groups excluding carboxylic acids is 1. The molecule has 0 spiro atoms. The van der Waals surface area contributed by atoms with Crippen molar-refractivity contribution >= 4 is 33.0 Å². The maximum atomic E-state index is 13.8. The van der Waals surface area contributed by atoms with Crippen molar-refractivity contribution < 1.29 is 9.18 Å². The van der Waals surface area contributed by atoms with Crippen LogP contribution in [0.1, 0.15) is 28.9 Å². The number of nitrogens with two attached hydrogens (primary N) is 1. The van der Waals surface area contributed by atoms with Gasteiger partial charge >= 0.3 is 0 Å². The van der Waals surface area contributed by atoms with Crippen LogP contribution < -0.4 is 11.1 Å². The van der Waals surface area contributed by atoms with Crippen molar-refractivity contribution in [3.8, 4) is 0 Å². The molecule has 1 unspecified atom stereocenters. The molecule has 1 atom stereocenters. The lowest BCUT2D eigenvalue weighted by Gasteiger charge is -2.18. The van der Waals surface area contributed by atoms with E-state index >= 15 is 0 Å². The molecule has 1 aromatic carbocycles. The molecule has 3 nitrogen and oxygen atoms in total. The summed E-state index contributed by atoms with van der Waals surface area (Å²) in [5.41, 5.74) is 6.18. The van der Waals surface area contributed by atoms with Crippen LogP contribution in [-0.2, 0) is 0 Å². The van der Waals surface area contributed by atoms with E-state index in [1.165, 1.54) is 17.4 Å². The number of hydrogen-bond donors (Lipinski definition) is 2. The predicted molar refractivity (Wildman–Crippen MR) is 80.4 cm³/mol. The Morgan fingerprint density at radius 3 is 2.95 bits per heavy atom. The molecule has 1 amide bonds. The second kappa shape index (κ2) is 5.25. The van der Waals surface area contributed by atoms with E-state index in [4.69, 9.17) is 5.73 Å². The third-order valence-corrected chi connectivity index (χ3v) is 4.68. The monoisotopic (exact) mass is 290 g/mol. The molecule has 0 bridgehead atoms. The van der Waals surface area contributed by atoms with Gasteiger partial charge in [-0.3, -0.25) is 4.79 Å². The van der Waals surface area contributed by atoms with Crippen molar-refractivity contribution in [2.75, 3.05) is 5.73 Å². The van der Waals surface area contributed by atoms with Crippen molar-refractivity contribution in [1.82, 2.24) is 5.32 Å². The first-order chi connectivity index (χ1) is 9.66. The Balaban J connectivity index is 1.90. The van der Waals surface area contributed by atoms with E-state index < -0.39 is 0 Å². The molecule has 0 saturated heterocycles. The van der Waals surface area contributed by atoms with Gasteiger partial charge in [-0.1, -0.05) is 18.2 Å². The van der Waals surface area contributed by atoms with Crippen molar-refractivity contribution in [1.29, 1.82) is 0 Å². The molecule has 0 aliphatic heterocycles. The van der Waals surface area contributed by atoms with Gasteiger partial charge in [-0.25, -0.2) is 4.39 Å². The van der Waals surface area contributed by atoms with Gasteiger partial charge in [0.2, 0.25) is 0 Å². The van der Waals surface area contributed by atoms with Crippen LogP contribution >= 0.6 is 11.3 Å². The highest BCUT2D eigenvalue weighted by Crippen LogP contribution is 2.35. The molecule has 20 heavy (non-hydrogen) atoms. The Morgan fingerprint density at radius 1 is 1.40 bits per heavy atom. The Labute approximate surface area is 120 Å². The number of thiophene rings is 1. The lowest BCUT2D eigenvalue weighted by molar-refractivity contribution is 0.0939. The van der Waals surface area contributed by atoms with Crippen molar-refractivity contribution in [2.24, 2.45) is 0 Å². The zero-order valence-electron chi connectivity index (χ0n) is 10.9. The summed E-state index contributed by atoms with van der Waals surface area (Å²) in [5, 5.41) is 3.33. The highest BCUT2D eigenvalue weighted by Gasteiger charge is 2.21. The molecule has 2 aromatic rings. The quantitative estimate of drug-likeness (QED) is 0.832. The molecule has 1 aromatic heterocycles. The van der Waals surface area contributed by atoms with E-state index in [1.807, 2.05) is 0 Å². The van der Waals surface area contributed by atoms with Crippen LogP contribution in [0.3, 0.4) is 0 Å². The minimum absolute atomic E-state index is 0.141. The maximum absolute atomic E-state index is 13.8. The molecule has 104 valence electrons. The Morgan fingerprint density at radius 2 is 2.25 bits per heavy atom. The van der Waals surface area contributed by atoms with Gasteiger partial charge < -0.3 is 11.1 Å². The van der Waals surface area contributed by atoms with Crippen LogP contribution in [0.15, 0.2) is 30.4 Å². The number of amides is 1. The third-order valence-electron chi connectivity index (χ3n) is 3.51. The molecule has 0 fully saturated rings. The average Bonchev–Trinajstić information content (AvgIpc) is 2.79. The number of nitrogen functional groups attached to an aromatic ring is 1. The molecule has 1 aliphatic rings. The van der Waals surface area contributed by atoms with E-state index in [-0.39, 0.29) is 23.5 Å². The first-order valence-corrected chi connectivity index (χ1v) is 7.41. The second-order valence-electron chi connectivity index (χ2n) is 4.91. The summed E-state index contributed by atoms with van der Waals surface area (Å²) in [4.78, 5) is 12.7. The largest absolute Gasteiger partial charge is 0.397 e. The summed E-state index contributed by atoms with van der Waals surface area (Å²) in [6.07, 6.45) is 6.93. The summed E-state index contributed by atoms with van der Waals surface area (Å²) >= 11 is 1.24. The predicted octanol–water partition coefficient (Wildman–Crippen LogP) is 3.46. The molecular formula is C15H15FN2OS. The van der Waals surface area contributed by atoms with Gasteiger partial charge in [-0.2, -0.15) is 0 Å². The fourth-order valence-electron chi connectivity index (χ4n) is 2.47. The van der Waals surface area contributed by atoms with Crippen LogP contribution in [0, 0.1) is 5.82 Å². The Kier molecular flexibility index (Phi) is 3.44. The molecule has 3 N–H and O–H groups in total. The van der Waals surface area contributed by atoms with Gasteiger partial charge in [-0.05, 0) is 31.4 Å². The number of halogens is 1. The first kappa shape index (κ1) is 13.1. The third kappa shape index (κ3) is 2.29. The molecule has 1 heterocycles.